The number of nitro groups is 1. The number of carbonyl (C=O) groups excluding carboxylic acids is 2. The van der Waals surface area contributed by atoms with Crippen LogP contribution in [0.2, 0.25) is 0 Å². The summed E-state index contributed by atoms with van der Waals surface area (Å²) in [5.41, 5.74) is 0.372. The van der Waals surface area contributed by atoms with Gasteiger partial charge in [0.15, 0.2) is 5.78 Å². The first-order chi connectivity index (χ1) is 9.43. The van der Waals surface area contributed by atoms with Crippen molar-refractivity contribution in [2.75, 3.05) is 27.2 Å². The molecule has 1 amide bonds. The minimum Gasteiger partial charge on any atom is -0.359 e. The molecule has 0 radical (unpaired) electrons. The number of amides is 1. The molecule has 0 bridgehead atoms. The highest BCUT2D eigenvalue weighted by molar-refractivity contribution is 5.97. The molecule has 1 aromatic rings. The van der Waals surface area contributed by atoms with E-state index in [0.29, 0.717) is 18.5 Å². The predicted octanol–water partition coefficient (Wildman–Crippen LogP) is 0.845. The Bertz CT molecular complexity index is 499. The first-order valence-corrected chi connectivity index (χ1v) is 6.11. The van der Waals surface area contributed by atoms with Crippen LogP contribution < -0.4 is 5.32 Å². The predicted molar refractivity (Wildman–Crippen MR) is 73.6 cm³/mol. The number of carbonyl (C=O) groups is 2. The number of benzene rings is 1. The summed E-state index contributed by atoms with van der Waals surface area (Å²) in [5.74, 6) is -0.223. The lowest BCUT2D eigenvalue weighted by Gasteiger charge is -2.14. The number of non-ortho nitro benzene ring substituents is 1. The van der Waals surface area contributed by atoms with E-state index in [1.165, 1.54) is 24.3 Å². The van der Waals surface area contributed by atoms with E-state index < -0.39 is 4.92 Å². The lowest BCUT2D eigenvalue weighted by atomic mass is 10.1. The lowest BCUT2D eigenvalue weighted by molar-refractivity contribution is -0.384. The van der Waals surface area contributed by atoms with Crippen LogP contribution in [0.15, 0.2) is 24.3 Å². The first kappa shape index (κ1) is 15.8. The largest absolute Gasteiger partial charge is 0.359 e. The highest BCUT2D eigenvalue weighted by Crippen LogP contribution is 2.12. The number of Topliss-reactive ketones (excluding diaryl/α,β-unsaturated/α-hetero) is 1. The highest BCUT2D eigenvalue weighted by atomic mass is 16.6. The van der Waals surface area contributed by atoms with E-state index >= 15 is 0 Å². The monoisotopic (exact) mass is 279 g/mol. The van der Waals surface area contributed by atoms with Crippen LogP contribution in [0.1, 0.15) is 16.8 Å². The molecule has 0 saturated carbocycles. The van der Waals surface area contributed by atoms with E-state index in [0.717, 1.165) is 0 Å². The van der Waals surface area contributed by atoms with Crippen LogP contribution >= 0.6 is 0 Å². The molecular formula is C13H17N3O4. The first-order valence-electron chi connectivity index (χ1n) is 6.11. The second kappa shape index (κ2) is 7.34. The summed E-state index contributed by atoms with van der Waals surface area (Å²) in [6, 6.07) is 5.48. The van der Waals surface area contributed by atoms with Gasteiger partial charge in [-0.25, -0.2) is 0 Å². The average molecular weight is 279 g/mol. The highest BCUT2D eigenvalue weighted by Gasteiger charge is 2.12. The minimum absolute atomic E-state index is 0.0467. The van der Waals surface area contributed by atoms with E-state index in [-0.39, 0.29) is 23.9 Å². The van der Waals surface area contributed by atoms with Gasteiger partial charge in [-0.15, -0.1) is 0 Å². The second-order valence-electron chi connectivity index (χ2n) is 4.39. The molecule has 1 N–H and O–H groups in total. The fourth-order valence-corrected chi connectivity index (χ4v) is 1.60. The number of rotatable bonds is 7. The molecule has 1 aromatic carbocycles. The van der Waals surface area contributed by atoms with Gasteiger partial charge in [0.25, 0.3) is 5.69 Å². The lowest BCUT2D eigenvalue weighted by Crippen LogP contribution is -2.30. The maximum atomic E-state index is 11.9. The molecule has 108 valence electrons. The number of nitrogens with one attached hydrogen (secondary N) is 1. The Balaban J connectivity index is 2.53. The van der Waals surface area contributed by atoms with Crippen LogP contribution in [0.5, 0.6) is 0 Å². The Labute approximate surface area is 116 Å². The normalized spacial score (nSPS) is 10.3. The van der Waals surface area contributed by atoms with Crippen molar-refractivity contribution in [3.8, 4) is 0 Å². The van der Waals surface area contributed by atoms with E-state index in [9.17, 15) is 19.7 Å². The Morgan fingerprint density at radius 3 is 2.40 bits per heavy atom. The van der Waals surface area contributed by atoms with Crippen LogP contribution in [-0.2, 0) is 4.79 Å². The molecule has 7 heteroatoms. The Hall–Kier alpha value is -2.28. The molecule has 0 unspecified atom stereocenters. The Morgan fingerprint density at radius 1 is 1.30 bits per heavy atom. The maximum Gasteiger partial charge on any atom is 0.269 e. The Kier molecular flexibility index (Phi) is 5.79. The van der Waals surface area contributed by atoms with Gasteiger partial charge >= 0.3 is 0 Å². The summed E-state index contributed by atoms with van der Waals surface area (Å²) in [5, 5.41) is 13.0. The van der Waals surface area contributed by atoms with Gasteiger partial charge in [-0.2, -0.15) is 0 Å². The van der Waals surface area contributed by atoms with Gasteiger partial charge in [-0.3, -0.25) is 24.6 Å². The zero-order chi connectivity index (χ0) is 15.1. The maximum absolute atomic E-state index is 11.9. The molecule has 0 aliphatic carbocycles. The van der Waals surface area contributed by atoms with Crippen LogP contribution in [0.25, 0.3) is 0 Å². The van der Waals surface area contributed by atoms with E-state index in [1.54, 1.807) is 19.0 Å². The van der Waals surface area contributed by atoms with Crippen LogP contribution in [0, 0.1) is 10.1 Å². The summed E-state index contributed by atoms with van der Waals surface area (Å²) in [7, 11) is 3.30. The topological polar surface area (TPSA) is 92.6 Å². The van der Waals surface area contributed by atoms with Crippen molar-refractivity contribution in [2.24, 2.45) is 0 Å². The van der Waals surface area contributed by atoms with Crippen molar-refractivity contribution in [1.29, 1.82) is 0 Å². The number of hydrogen-bond donors (Lipinski definition) is 1. The van der Waals surface area contributed by atoms with Gasteiger partial charge in [0.05, 0.1) is 11.5 Å². The van der Waals surface area contributed by atoms with Gasteiger partial charge in [0.2, 0.25) is 5.91 Å². The van der Waals surface area contributed by atoms with E-state index in [2.05, 4.69) is 5.32 Å². The molecule has 1 rings (SSSR count). The summed E-state index contributed by atoms with van der Waals surface area (Å²) < 4.78 is 0. The SMILES string of the molecule is CNC(=O)CCN(C)CC(=O)c1ccc([N+](=O)[O-])cc1. The van der Waals surface area contributed by atoms with E-state index in [1.807, 2.05) is 0 Å². The summed E-state index contributed by atoms with van der Waals surface area (Å²) in [6.07, 6.45) is 0.320. The van der Waals surface area contributed by atoms with Crippen LogP contribution in [0.4, 0.5) is 5.69 Å². The van der Waals surface area contributed by atoms with Crippen molar-refractivity contribution in [3.05, 3.63) is 39.9 Å². The third-order valence-electron chi connectivity index (χ3n) is 2.81. The number of likely N-dealkylation sites (N-methyl/N-ethyl adjacent to an activating group) is 1. The molecule has 0 saturated heterocycles. The van der Waals surface area contributed by atoms with Crippen molar-refractivity contribution >= 4 is 17.4 Å². The summed E-state index contributed by atoms with van der Waals surface area (Å²) in [4.78, 5) is 34.8. The van der Waals surface area contributed by atoms with Crippen molar-refractivity contribution in [1.82, 2.24) is 10.2 Å². The fourth-order valence-electron chi connectivity index (χ4n) is 1.60. The summed E-state index contributed by atoms with van der Waals surface area (Å²) in [6.45, 7) is 0.632. The molecule has 7 nitrogen and oxygen atoms in total. The van der Waals surface area contributed by atoms with Crippen LogP contribution in [-0.4, -0.2) is 48.7 Å². The minimum atomic E-state index is -0.510. The smallest absolute Gasteiger partial charge is 0.269 e. The molecule has 0 aromatic heterocycles. The standard InChI is InChI=1S/C13H17N3O4/c1-14-13(18)7-8-15(2)9-12(17)10-3-5-11(6-4-10)16(19)20/h3-6H,7-9H2,1-2H3,(H,14,18). The molecule has 0 aliphatic rings. The molecule has 0 heterocycles. The average Bonchev–Trinajstić information content (AvgIpc) is 2.44. The number of nitro benzene ring substituents is 1. The molecule has 0 atom stereocenters. The quantitative estimate of drug-likeness (QED) is 0.453. The van der Waals surface area contributed by atoms with Gasteiger partial charge in [-0.05, 0) is 19.2 Å². The van der Waals surface area contributed by atoms with E-state index in [4.69, 9.17) is 0 Å². The molecular weight excluding hydrogens is 262 g/mol. The van der Waals surface area contributed by atoms with Gasteiger partial charge in [0.1, 0.15) is 0 Å². The van der Waals surface area contributed by atoms with Gasteiger partial charge in [-0.1, -0.05) is 0 Å². The molecule has 0 spiro atoms. The fraction of sp³-hybridized carbons (Fsp3) is 0.385. The van der Waals surface area contributed by atoms with Crippen molar-refractivity contribution < 1.29 is 14.5 Å². The molecule has 0 fully saturated rings. The third kappa shape index (κ3) is 4.77. The van der Waals surface area contributed by atoms with Crippen LogP contribution in [0.3, 0.4) is 0 Å². The third-order valence-corrected chi connectivity index (χ3v) is 2.81. The van der Waals surface area contributed by atoms with Crippen molar-refractivity contribution in [3.63, 3.8) is 0 Å². The number of ketones is 1. The summed E-state index contributed by atoms with van der Waals surface area (Å²) >= 11 is 0. The second-order valence-corrected chi connectivity index (χ2v) is 4.39. The zero-order valence-corrected chi connectivity index (χ0v) is 11.5. The van der Waals surface area contributed by atoms with Gasteiger partial charge < -0.3 is 5.32 Å². The Morgan fingerprint density at radius 2 is 1.90 bits per heavy atom. The van der Waals surface area contributed by atoms with Gasteiger partial charge in [0, 0.05) is 37.7 Å². The molecule has 0 aliphatic heterocycles. The zero-order valence-electron chi connectivity index (χ0n) is 11.5. The number of nitrogens with zero attached hydrogens (tertiary/aromatic N) is 2. The molecule has 20 heavy (non-hydrogen) atoms. The number of hydrogen-bond acceptors (Lipinski definition) is 5. The van der Waals surface area contributed by atoms with Crippen molar-refractivity contribution in [2.45, 2.75) is 6.42 Å².